The Morgan fingerprint density at radius 3 is 2.24 bits per heavy atom. The molecule has 1 heterocycles. The number of nitrogens with zero attached hydrogens (tertiary/aromatic N) is 2. The summed E-state index contributed by atoms with van der Waals surface area (Å²) >= 11 is 1.23. The molecule has 33 heavy (non-hydrogen) atoms. The van der Waals surface area contributed by atoms with Crippen LogP contribution in [0.25, 0.3) is 11.3 Å². The predicted octanol–water partition coefficient (Wildman–Crippen LogP) is 4.91. The summed E-state index contributed by atoms with van der Waals surface area (Å²) in [4.78, 5) is 12.7. The number of allylic oxidation sites excluding steroid dienone is 1. The van der Waals surface area contributed by atoms with Crippen LogP contribution in [0.1, 0.15) is 10.4 Å². The van der Waals surface area contributed by atoms with E-state index in [0.717, 1.165) is 11.3 Å². The van der Waals surface area contributed by atoms with E-state index in [1.165, 1.54) is 23.5 Å². The van der Waals surface area contributed by atoms with Crippen LogP contribution in [0.5, 0.6) is 5.75 Å². The van der Waals surface area contributed by atoms with Gasteiger partial charge in [-0.25, -0.2) is 4.79 Å². The summed E-state index contributed by atoms with van der Waals surface area (Å²) in [7, 11) is -3.85. The van der Waals surface area contributed by atoms with Gasteiger partial charge in [0.15, 0.2) is 0 Å². The zero-order chi connectivity index (χ0) is 23.3. The lowest BCUT2D eigenvalue weighted by Gasteiger charge is -2.08. The summed E-state index contributed by atoms with van der Waals surface area (Å²) < 4.78 is 36.7. The van der Waals surface area contributed by atoms with Crippen LogP contribution in [0.4, 0.5) is 0 Å². The highest BCUT2D eigenvalue weighted by Gasteiger charge is 2.15. The number of thiazole rings is 1. The van der Waals surface area contributed by atoms with Gasteiger partial charge in [-0.2, -0.15) is 8.42 Å². The normalized spacial score (nSPS) is 11.8. The molecular weight excluding hydrogens is 456 g/mol. The lowest BCUT2D eigenvalue weighted by molar-refractivity contribution is 0.0734. The molecule has 4 rings (SSSR count). The number of carbonyl (C=O) groups excluding carboxylic acids is 1. The molecule has 0 atom stereocenters. The molecule has 0 aliphatic heterocycles. The lowest BCUT2D eigenvalue weighted by Crippen LogP contribution is -2.17. The number of hydrogen-bond donors (Lipinski definition) is 0. The summed E-state index contributed by atoms with van der Waals surface area (Å²) in [6.45, 7) is 4.16. The molecule has 0 saturated carbocycles. The zero-order valence-electron chi connectivity index (χ0n) is 17.5. The summed E-state index contributed by atoms with van der Waals surface area (Å²) in [5.41, 5.74) is 2.07. The van der Waals surface area contributed by atoms with Crippen molar-refractivity contribution >= 4 is 27.3 Å². The van der Waals surface area contributed by atoms with Crippen molar-refractivity contribution in [1.29, 1.82) is 0 Å². The Balaban J connectivity index is 1.64. The second kappa shape index (κ2) is 9.81. The fourth-order valence-electron chi connectivity index (χ4n) is 3.12. The van der Waals surface area contributed by atoms with Crippen LogP contribution in [0.2, 0.25) is 0 Å². The van der Waals surface area contributed by atoms with E-state index < -0.39 is 16.0 Å². The maximum Gasteiger partial charge on any atom is 0.343 e. The molecule has 0 unspecified atom stereocenters. The van der Waals surface area contributed by atoms with Crippen molar-refractivity contribution in [1.82, 2.24) is 4.57 Å². The van der Waals surface area contributed by atoms with Crippen LogP contribution >= 0.6 is 11.3 Å². The first-order chi connectivity index (χ1) is 16.0. The van der Waals surface area contributed by atoms with Crippen molar-refractivity contribution in [3.05, 3.63) is 113 Å². The van der Waals surface area contributed by atoms with Gasteiger partial charge in [-0.05, 0) is 54.1 Å². The molecule has 0 bridgehead atoms. The Kier molecular flexibility index (Phi) is 6.67. The highest BCUT2D eigenvalue weighted by atomic mass is 32.2. The molecule has 0 saturated heterocycles. The molecule has 0 spiro atoms. The Morgan fingerprint density at radius 1 is 0.970 bits per heavy atom. The number of carbonyl (C=O) groups is 1. The minimum Gasteiger partial charge on any atom is -0.423 e. The number of hydrogen-bond acceptors (Lipinski definition) is 5. The van der Waals surface area contributed by atoms with E-state index in [9.17, 15) is 13.2 Å². The Labute approximate surface area is 195 Å². The van der Waals surface area contributed by atoms with Crippen molar-refractivity contribution in [2.45, 2.75) is 11.4 Å². The molecule has 0 N–H and O–H groups in total. The van der Waals surface area contributed by atoms with Crippen LogP contribution in [-0.2, 0) is 16.6 Å². The van der Waals surface area contributed by atoms with Crippen molar-refractivity contribution in [2.75, 3.05) is 0 Å². The number of aromatic nitrogens is 1. The van der Waals surface area contributed by atoms with E-state index in [4.69, 9.17) is 4.74 Å². The number of ether oxygens (including phenoxy) is 1. The van der Waals surface area contributed by atoms with Gasteiger partial charge in [-0.1, -0.05) is 42.5 Å². The average molecular weight is 477 g/mol. The quantitative estimate of drug-likeness (QED) is 0.216. The van der Waals surface area contributed by atoms with E-state index >= 15 is 0 Å². The molecule has 0 radical (unpaired) electrons. The van der Waals surface area contributed by atoms with Crippen molar-refractivity contribution in [2.24, 2.45) is 4.40 Å². The molecule has 0 aliphatic carbocycles. The minimum absolute atomic E-state index is 0.134. The number of esters is 1. The highest BCUT2D eigenvalue weighted by molar-refractivity contribution is 7.90. The van der Waals surface area contributed by atoms with Crippen LogP contribution in [-0.4, -0.2) is 19.0 Å². The summed E-state index contributed by atoms with van der Waals surface area (Å²) in [6, 6.07) is 23.9. The molecule has 0 amide bonds. The largest absolute Gasteiger partial charge is 0.423 e. The first-order valence-electron chi connectivity index (χ1n) is 10.0. The topological polar surface area (TPSA) is 77.7 Å². The molecule has 3 aromatic carbocycles. The zero-order valence-corrected chi connectivity index (χ0v) is 19.1. The smallest absolute Gasteiger partial charge is 0.343 e. The Hall–Kier alpha value is -3.75. The van der Waals surface area contributed by atoms with Crippen molar-refractivity contribution < 1.29 is 17.9 Å². The van der Waals surface area contributed by atoms with Gasteiger partial charge < -0.3 is 9.30 Å². The molecule has 8 heteroatoms. The fourth-order valence-corrected chi connectivity index (χ4v) is 5.28. The Morgan fingerprint density at radius 2 is 1.61 bits per heavy atom. The van der Waals surface area contributed by atoms with Crippen LogP contribution in [0.15, 0.2) is 112 Å². The lowest BCUT2D eigenvalue weighted by atomic mass is 10.1. The molecule has 0 fully saturated rings. The third kappa shape index (κ3) is 5.19. The Bertz CT molecular complexity index is 1440. The number of rotatable bonds is 7. The number of benzene rings is 3. The summed E-state index contributed by atoms with van der Waals surface area (Å²) in [5, 5.41) is 1.84. The highest BCUT2D eigenvalue weighted by Crippen LogP contribution is 2.24. The summed E-state index contributed by atoms with van der Waals surface area (Å²) in [6.07, 6.45) is 1.68. The van der Waals surface area contributed by atoms with Gasteiger partial charge in [0.1, 0.15) is 5.75 Å². The van der Waals surface area contributed by atoms with Gasteiger partial charge in [0, 0.05) is 11.9 Å². The third-order valence-corrected chi connectivity index (χ3v) is 6.98. The minimum atomic E-state index is -3.85. The molecule has 1 aromatic heterocycles. The van der Waals surface area contributed by atoms with Crippen LogP contribution in [0, 0.1) is 0 Å². The standard InChI is InChI=1S/C25H20N2O4S2/c1-2-17-27-23(18-32-25(27)26-33(29,30)22-11-7-4-8-12-22)19-13-15-21(16-14-19)31-24(28)20-9-5-3-6-10-20/h2-16,18H,1,17H2/b26-25-. The molecular formula is C25H20N2O4S2. The third-order valence-electron chi connectivity index (χ3n) is 4.72. The van der Waals surface area contributed by atoms with Gasteiger partial charge >= 0.3 is 5.97 Å². The molecule has 0 aliphatic rings. The van der Waals surface area contributed by atoms with E-state index in [-0.39, 0.29) is 4.90 Å². The van der Waals surface area contributed by atoms with Gasteiger partial charge in [0.25, 0.3) is 10.0 Å². The SMILES string of the molecule is C=CCn1c(-c2ccc(OC(=O)c3ccccc3)cc2)cs/c1=N\S(=O)(=O)c1ccccc1. The van der Waals surface area contributed by atoms with Crippen molar-refractivity contribution in [3.63, 3.8) is 0 Å². The predicted molar refractivity (Wildman–Crippen MR) is 129 cm³/mol. The van der Waals surface area contributed by atoms with E-state index in [1.807, 2.05) is 23.6 Å². The van der Waals surface area contributed by atoms with Gasteiger partial charge in [0.05, 0.1) is 16.2 Å². The van der Waals surface area contributed by atoms with Crippen LogP contribution < -0.4 is 9.54 Å². The van der Waals surface area contributed by atoms with Crippen LogP contribution in [0.3, 0.4) is 0 Å². The van der Waals surface area contributed by atoms with E-state index in [2.05, 4.69) is 11.0 Å². The van der Waals surface area contributed by atoms with Gasteiger partial charge in [-0.3, -0.25) is 0 Å². The molecule has 6 nitrogen and oxygen atoms in total. The first kappa shape index (κ1) is 22.4. The van der Waals surface area contributed by atoms with E-state index in [1.54, 1.807) is 65.2 Å². The second-order valence-corrected chi connectivity index (χ2v) is 9.40. The maximum absolute atomic E-state index is 12.7. The second-order valence-electron chi connectivity index (χ2n) is 6.96. The van der Waals surface area contributed by atoms with E-state index in [0.29, 0.717) is 22.7 Å². The molecule has 4 aromatic rings. The fraction of sp³-hybridized carbons (Fsp3) is 0.0400. The van der Waals surface area contributed by atoms with Crippen molar-refractivity contribution in [3.8, 4) is 17.0 Å². The number of sulfonamides is 1. The summed E-state index contributed by atoms with van der Waals surface area (Å²) in [5.74, 6) is -0.0255. The van der Waals surface area contributed by atoms with Gasteiger partial charge in [-0.15, -0.1) is 22.3 Å². The molecule has 166 valence electrons. The monoisotopic (exact) mass is 476 g/mol. The maximum atomic E-state index is 12.7. The van der Waals surface area contributed by atoms with Gasteiger partial charge in [0.2, 0.25) is 4.80 Å². The average Bonchev–Trinajstić information content (AvgIpc) is 3.22. The first-order valence-corrected chi connectivity index (χ1v) is 12.3.